The highest BCUT2D eigenvalue weighted by atomic mass is 32.2. The van der Waals surface area contributed by atoms with Crippen LogP contribution in [0.15, 0.2) is 53.7 Å². The van der Waals surface area contributed by atoms with Crippen molar-refractivity contribution in [2.75, 3.05) is 5.75 Å². The first-order valence-corrected chi connectivity index (χ1v) is 11.5. The van der Waals surface area contributed by atoms with Crippen LogP contribution >= 0.6 is 11.8 Å². The fourth-order valence-electron chi connectivity index (χ4n) is 3.88. The molecule has 0 spiro atoms. The van der Waals surface area contributed by atoms with Gasteiger partial charge in [-0.3, -0.25) is 0 Å². The number of aromatic nitrogens is 2. The molecule has 0 saturated carbocycles. The Morgan fingerprint density at radius 2 is 1.39 bits per heavy atom. The molecule has 1 aliphatic heterocycles. The Morgan fingerprint density at radius 3 is 1.93 bits per heavy atom. The Balaban J connectivity index is 1.76. The number of nitrogens with zero attached hydrogens (tertiary/aromatic N) is 2. The predicted molar refractivity (Wildman–Crippen MR) is 121 cm³/mol. The van der Waals surface area contributed by atoms with Gasteiger partial charge in [0.05, 0.1) is 11.4 Å². The lowest BCUT2D eigenvalue weighted by atomic mass is 9.95. The second kappa shape index (κ2) is 8.16. The molecule has 28 heavy (non-hydrogen) atoms. The summed E-state index contributed by atoms with van der Waals surface area (Å²) >= 11 is 1.87. The fraction of sp³-hybridized carbons (Fsp3) is 0.400. The van der Waals surface area contributed by atoms with Crippen molar-refractivity contribution in [2.24, 2.45) is 0 Å². The van der Waals surface area contributed by atoms with Crippen molar-refractivity contribution in [3.8, 4) is 22.5 Å². The van der Waals surface area contributed by atoms with Gasteiger partial charge in [-0.25, -0.2) is 4.98 Å². The Hall–Kier alpha value is -2.00. The topological polar surface area (TPSA) is 17.8 Å². The van der Waals surface area contributed by atoms with Gasteiger partial charge in [-0.05, 0) is 35.8 Å². The Labute approximate surface area is 173 Å². The molecule has 0 bridgehead atoms. The number of hydrogen-bond donors (Lipinski definition) is 0. The summed E-state index contributed by atoms with van der Waals surface area (Å²) in [5, 5.41) is 1.15. The van der Waals surface area contributed by atoms with Gasteiger partial charge in [-0.2, -0.15) is 0 Å². The van der Waals surface area contributed by atoms with Crippen molar-refractivity contribution in [3.05, 3.63) is 59.7 Å². The van der Waals surface area contributed by atoms with Gasteiger partial charge in [0.1, 0.15) is 0 Å². The zero-order valence-electron chi connectivity index (χ0n) is 17.4. The van der Waals surface area contributed by atoms with Crippen molar-refractivity contribution in [1.82, 2.24) is 9.55 Å². The summed E-state index contributed by atoms with van der Waals surface area (Å²) in [6.45, 7) is 10.1. The highest BCUT2D eigenvalue weighted by Gasteiger charge is 2.24. The van der Waals surface area contributed by atoms with Crippen LogP contribution in [-0.4, -0.2) is 15.3 Å². The lowest BCUT2D eigenvalue weighted by Crippen LogP contribution is -1.98. The molecular weight excluding hydrogens is 360 g/mol. The van der Waals surface area contributed by atoms with Crippen LogP contribution < -0.4 is 0 Å². The third kappa shape index (κ3) is 3.53. The standard InChI is InChI=1S/C25H30N2S/c1-5-17(3)19-7-11-21(12-8-19)23-24(27-15-16-28-25(27)26-23)22-13-9-20(10-14-22)18(4)6-2/h7-14,17-18H,5-6,15-16H2,1-4H3. The van der Waals surface area contributed by atoms with Crippen LogP contribution in [0.2, 0.25) is 0 Å². The van der Waals surface area contributed by atoms with Crippen molar-refractivity contribution in [2.45, 2.75) is 64.1 Å². The second-order valence-electron chi connectivity index (χ2n) is 7.95. The lowest BCUT2D eigenvalue weighted by Gasteiger charge is -2.13. The van der Waals surface area contributed by atoms with Crippen molar-refractivity contribution in [3.63, 3.8) is 0 Å². The first-order chi connectivity index (χ1) is 13.6. The van der Waals surface area contributed by atoms with Gasteiger partial charge in [0.2, 0.25) is 0 Å². The smallest absolute Gasteiger partial charge is 0.169 e. The molecule has 3 aromatic rings. The first kappa shape index (κ1) is 19.3. The van der Waals surface area contributed by atoms with Crippen LogP contribution in [0.5, 0.6) is 0 Å². The Morgan fingerprint density at radius 1 is 0.857 bits per heavy atom. The predicted octanol–water partition coefficient (Wildman–Crippen LogP) is 7.35. The highest BCUT2D eigenvalue weighted by molar-refractivity contribution is 7.99. The van der Waals surface area contributed by atoms with Crippen LogP contribution in [0.1, 0.15) is 63.5 Å². The van der Waals surface area contributed by atoms with Gasteiger partial charge in [-0.15, -0.1) is 0 Å². The number of fused-ring (bicyclic) bond motifs is 1. The van der Waals surface area contributed by atoms with E-state index in [0.29, 0.717) is 11.8 Å². The molecule has 2 nitrogen and oxygen atoms in total. The van der Waals surface area contributed by atoms with E-state index < -0.39 is 0 Å². The Bertz CT molecular complexity index is 938. The molecule has 0 fully saturated rings. The van der Waals surface area contributed by atoms with Gasteiger partial charge in [0.25, 0.3) is 0 Å². The van der Waals surface area contributed by atoms with Crippen LogP contribution in [-0.2, 0) is 6.54 Å². The number of imidazole rings is 1. The van der Waals surface area contributed by atoms with Gasteiger partial charge >= 0.3 is 0 Å². The Kier molecular flexibility index (Phi) is 5.63. The third-order valence-corrected chi connectivity index (χ3v) is 7.17. The average molecular weight is 391 g/mol. The van der Waals surface area contributed by atoms with E-state index in [1.165, 1.54) is 40.8 Å². The lowest BCUT2D eigenvalue weighted by molar-refractivity contribution is 0.725. The monoisotopic (exact) mass is 390 g/mol. The highest BCUT2D eigenvalue weighted by Crippen LogP contribution is 2.39. The minimum Gasteiger partial charge on any atom is -0.318 e. The summed E-state index contributed by atoms with van der Waals surface area (Å²) in [5.41, 5.74) is 7.71. The number of thioether (sulfide) groups is 1. The molecule has 0 N–H and O–H groups in total. The molecule has 0 amide bonds. The fourth-order valence-corrected chi connectivity index (χ4v) is 4.83. The summed E-state index contributed by atoms with van der Waals surface area (Å²) in [5.74, 6) is 2.32. The third-order valence-electron chi connectivity index (χ3n) is 6.21. The molecule has 0 aliphatic carbocycles. The summed E-state index contributed by atoms with van der Waals surface area (Å²) in [7, 11) is 0. The molecule has 146 valence electrons. The van der Waals surface area contributed by atoms with Crippen molar-refractivity contribution in [1.29, 1.82) is 0 Å². The maximum absolute atomic E-state index is 5.03. The molecule has 2 unspecified atom stereocenters. The van der Waals surface area contributed by atoms with E-state index >= 15 is 0 Å². The molecule has 4 rings (SSSR count). The summed E-state index contributed by atoms with van der Waals surface area (Å²) in [6, 6.07) is 18.2. The minimum atomic E-state index is 0.601. The van der Waals surface area contributed by atoms with Crippen LogP contribution in [0.4, 0.5) is 0 Å². The molecule has 2 aromatic carbocycles. The van der Waals surface area contributed by atoms with Gasteiger partial charge in [-0.1, -0.05) is 88.0 Å². The summed E-state index contributed by atoms with van der Waals surface area (Å²) < 4.78 is 2.40. The van der Waals surface area contributed by atoms with Gasteiger partial charge in [0.15, 0.2) is 5.16 Å². The van der Waals surface area contributed by atoms with Crippen molar-refractivity contribution < 1.29 is 0 Å². The normalized spacial score (nSPS) is 15.4. The van der Waals surface area contributed by atoms with Crippen LogP contribution in [0.3, 0.4) is 0 Å². The molecule has 1 aliphatic rings. The molecule has 0 saturated heterocycles. The van der Waals surface area contributed by atoms with E-state index in [1.807, 2.05) is 11.8 Å². The van der Waals surface area contributed by atoms with E-state index in [0.717, 1.165) is 23.1 Å². The first-order valence-electron chi connectivity index (χ1n) is 10.6. The van der Waals surface area contributed by atoms with E-state index in [4.69, 9.17) is 4.98 Å². The van der Waals surface area contributed by atoms with E-state index in [1.54, 1.807) is 0 Å². The molecule has 2 atom stereocenters. The van der Waals surface area contributed by atoms with Crippen LogP contribution in [0, 0.1) is 0 Å². The second-order valence-corrected chi connectivity index (χ2v) is 9.02. The minimum absolute atomic E-state index is 0.601. The van der Waals surface area contributed by atoms with Gasteiger partial charge in [0, 0.05) is 23.4 Å². The molecular formula is C25H30N2S. The van der Waals surface area contributed by atoms with E-state index in [-0.39, 0.29) is 0 Å². The average Bonchev–Trinajstić information content (AvgIpc) is 3.34. The molecule has 2 heterocycles. The maximum Gasteiger partial charge on any atom is 0.169 e. The molecule has 1 aromatic heterocycles. The molecule has 3 heteroatoms. The number of rotatable bonds is 6. The molecule has 0 radical (unpaired) electrons. The maximum atomic E-state index is 5.03. The zero-order valence-corrected chi connectivity index (χ0v) is 18.2. The number of benzene rings is 2. The SMILES string of the molecule is CCC(C)c1ccc(-c2nc3n(c2-c2ccc(C(C)CC)cc2)CCS3)cc1. The van der Waals surface area contributed by atoms with E-state index in [2.05, 4.69) is 80.8 Å². The number of hydrogen-bond acceptors (Lipinski definition) is 2. The van der Waals surface area contributed by atoms with Gasteiger partial charge < -0.3 is 4.57 Å². The van der Waals surface area contributed by atoms with Crippen LogP contribution in [0.25, 0.3) is 22.5 Å². The largest absolute Gasteiger partial charge is 0.318 e. The quantitative estimate of drug-likeness (QED) is 0.438. The summed E-state index contributed by atoms with van der Waals surface area (Å²) in [4.78, 5) is 5.03. The zero-order chi connectivity index (χ0) is 19.7. The summed E-state index contributed by atoms with van der Waals surface area (Å²) in [6.07, 6.45) is 2.34. The van der Waals surface area contributed by atoms with E-state index in [9.17, 15) is 0 Å². The van der Waals surface area contributed by atoms with Crippen molar-refractivity contribution >= 4 is 11.8 Å².